The fourth-order valence-electron chi connectivity index (χ4n) is 1.16. The molecule has 0 bridgehead atoms. The van der Waals surface area contributed by atoms with E-state index in [2.05, 4.69) is 36.9 Å². The Hall–Kier alpha value is -0.430. The molecular weight excluding hydrogens is 140 g/mol. The van der Waals surface area contributed by atoms with Crippen LogP contribution in [-0.4, -0.2) is 0 Å². The Labute approximate surface area is 66.7 Å². The Morgan fingerprint density at radius 3 is 2.20 bits per heavy atom. The van der Waals surface area contributed by atoms with E-state index in [9.17, 15) is 0 Å². The molecule has 0 unspecified atom stereocenters. The molecule has 0 amide bonds. The average Bonchev–Trinajstić information content (AvgIpc) is 2.72. The molecule has 0 nitrogen and oxygen atoms in total. The van der Waals surface area contributed by atoms with E-state index >= 15 is 0 Å². The van der Waals surface area contributed by atoms with Gasteiger partial charge in [0.1, 0.15) is 0 Å². The lowest BCUT2D eigenvalue weighted by Crippen LogP contribution is -1.93. The van der Waals surface area contributed by atoms with Crippen molar-refractivity contribution in [2.75, 3.05) is 0 Å². The Morgan fingerprint density at radius 1 is 1.10 bits per heavy atom. The van der Waals surface area contributed by atoms with Crippen LogP contribution in [0.15, 0.2) is 30.3 Å². The molecule has 1 aliphatic carbocycles. The molecule has 52 valence electrons. The van der Waals surface area contributed by atoms with Gasteiger partial charge in [-0.3, -0.25) is 0 Å². The van der Waals surface area contributed by atoms with E-state index in [1.807, 2.05) is 6.07 Å². The standard InChI is InChI=1S/C9H10S/c10-9(6-7-9)8-4-2-1-3-5-8/h1-5,10H,6-7H2. The molecule has 0 aliphatic heterocycles. The molecule has 0 saturated heterocycles. The van der Waals surface area contributed by atoms with Crippen molar-refractivity contribution in [3.05, 3.63) is 35.9 Å². The summed E-state index contributed by atoms with van der Waals surface area (Å²) in [6.45, 7) is 0. The third-order valence-corrected chi connectivity index (χ3v) is 2.74. The lowest BCUT2D eigenvalue weighted by Gasteiger charge is -2.05. The third-order valence-electron chi connectivity index (χ3n) is 2.03. The maximum atomic E-state index is 4.56. The number of hydrogen-bond acceptors (Lipinski definition) is 1. The van der Waals surface area contributed by atoms with Crippen molar-refractivity contribution >= 4 is 12.6 Å². The van der Waals surface area contributed by atoms with Crippen LogP contribution in [0.2, 0.25) is 0 Å². The first-order valence-electron chi connectivity index (χ1n) is 3.59. The molecule has 0 N–H and O–H groups in total. The van der Waals surface area contributed by atoms with Gasteiger partial charge in [0.15, 0.2) is 0 Å². The van der Waals surface area contributed by atoms with Crippen LogP contribution in [0.3, 0.4) is 0 Å². The Morgan fingerprint density at radius 2 is 1.70 bits per heavy atom. The van der Waals surface area contributed by atoms with Crippen molar-refractivity contribution in [2.45, 2.75) is 17.6 Å². The molecule has 1 aliphatic rings. The first-order chi connectivity index (χ1) is 4.81. The minimum atomic E-state index is 0.237. The highest BCUT2D eigenvalue weighted by Gasteiger charge is 2.39. The van der Waals surface area contributed by atoms with Crippen molar-refractivity contribution in [1.29, 1.82) is 0 Å². The van der Waals surface area contributed by atoms with Gasteiger partial charge in [0, 0.05) is 4.75 Å². The van der Waals surface area contributed by atoms with Crippen molar-refractivity contribution < 1.29 is 0 Å². The van der Waals surface area contributed by atoms with E-state index in [0.29, 0.717) is 0 Å². The van der Waals surface area contributed by atoms with Gasteiger partial charge < -0.3 is 0 Å². The van der Waals surface area contributed by atoms with Gasteiger partial charge in [-0.15, -0.1) is 0 Å². The van der Waals surface area contributed by atoms with Crippen LogP contribution in [0.5, 0.6) is 0 Å². The zero-order chi connectivity index (χ0) is 7.03. The molecule has 0 atom stereocenters. The normalized spacial score (nSPS) is 20.5. The van der Waals surface area contributed by atoms with Gasteiger partial charge >= 0.3 is 0 Å². The minimum absolute atomic E-state index is 0.237. The number of rotatable bonds is 1. The molecule has 0 spiro atoms. The fraction of sp³-hybridized carbons (Fsp3) is 0.333. The zero-order valence-corrected chi connectivity index (χ0v) is 6.64. The summed E-state index contributed by atoms with van der Waals surface area (Å²) in [6.07, 6.45) is 2.47. The van der Waals surface area contributed by atoms with Crippen LogP contribution >= 0.6 is 12.6 Å². The summed E-state index contributed by atoms with van der Waals surface area (Å²) in [7, 11) is 0. The lowest BCUT2D eigenvalue weighted by atomic mass is 10.1. The van der Waals surface area contributed by atoms with E-state index in [0.717, 1.165) is 0 Å². The van der Waals surface area contributed by atoms with Crippen molar-refractivity contribution in [3.63, 3.8) is 0 Å². The van der Waals surface area contributed by atoms with E-state index in [4.69, 9.17) is 0 Å². The Balaban J connectivity index is 2.35. The molecule has 2 rings (SSSR count). The summed E-state index contributed by atoms with van der Waals surface area (Å²) in [6, 6.07) is 10.5. The van der Waals surface area contributed by atoms with Crippen LogP contribution in [0.1, 0.15) is 18.4 Å². The SMILES string of the molecule is SC1(c2ccccc2)CC1. The van der Waals surface area contributed by atoms with Gasteiger partial charge in [-0.2, -0.15) is 12.6 Å². The maximum absolute atomic E-state index is 4.56. The average molecular weight is 150 g/mol. The molecular formula is C9H10S. The molecule has 1 heteroatoms. The molecule has 1 saturated carbocycles. The van der Waals surface area contributed by atoms with Gasteiger partial charge in [0.25, 0.3) is 0 Å². The van der Waals surface area contributed by atoms with E-state index < -0.39 is 0 Å². The van der Waals surface area contributed by atoms with Gasteiger partial charge in [-0.1, -0.05) is 30.3 Å². The van der Waals surface area contributed by atoms with Crippen LogP contribution in [0.25, 0.3) is 0 Å². The van der Waals surface area contributed by atoms with E-state index in [1.54, 1.807) is 0 Å². The number of thiol groups is 1. The van der Waals surface area contributed by atoms with Gasteiger partial charge in [-0.05, 0) is 18.4 Å². The molecule has 10 heavy (non-hydrogen) atoms. The third kappa shape index (κ3) is 0.948. The summed E-state index contributed by atoms with van der Waals surface area (Å²) in [5.41, 5.74) is 1.37. The molecule has 0 radical (unpaired) electrons. The highest BCUT2D eigenvalue weighted by molar-refractivity contribution is 7.81. The Bertz CT molecular complexity index is 224. The van der Waals surface area contributed by atoms with Gasteiger partial charge in [0.2, 0.25) is 0 Å². The van der Waals surface area contributed by atoms with Crippen molar-refractivity contribution in [2.24, 2.45) is 0 Å². The predicted octanol–water partition coefficient (Wildman–Crippen LogP) is 2.61. The first-order valence-corrected chi connectivity index (χ1v) is 4.04. The van der Waals surface area contributed by atoms with Crippen molar-refractivity contribution in [3.8, 4) is 0 Å². The molecule has 1 fully saturated rings. The largest absolute Gasteiger partial charge is 0.168 e. The van der Waals surface area contributed by atoms with Gasteiger partial charge in [-0.25, -0.2) is 0 Å². The summed E-state index contributed by atoms with van der Waals surface area (Å²) in [4.78, 5) is 0. The highest BCUT2D eigenvalue weighted by atomic mass is 32.1. The lowest BCUT2D eigenvalue weighted by molar-refractivity contribution is 1.05. The number of benzene rings is 1. The highest BCUT2D eigenvalue weighted by Crippen LogP contribution is 2.51. The zero-order valence-electron chi connectivity index (χ0n) is 5.75. The minimum Gasteiger partial charge on any atom is -0.168 e. The molecule has 0 aromatic heterocycles. The monoisotopic (exact) mass is 150 g/mol. The second-order valence-corrected chi connectivity index (χ2v) is 3.75. The predicted molar refractivity (Wildman–Crippen MR) is 46.3 cm³/mol. The smallest absolute Gasteiger partial charge is 0.0379 e. The van der Waals surface area contributed by atoms with Crippen LogP contribution in [0, 0.1) is 0 Å². The maximum Gasteiger partial charge on any atom is 0.0379 e. The second kappa shape index (κ2) is 2.03. The Kier molecular flexibility index (Phi) is 1.27. The van der Waals surface area contributed by atoms with Crippen LogP contribution in [0.4, 0.5) is 0 Å². The molecule has 1 aromatic rings. The van der Waals surface area contributed by atoms with Gasteiger partial charge in [0.05, 0.1) is 0 Å². The quantitative estimate of drug-likeness (QED) is 0.584. The summed E-state index contributed by atoms with van der Waals surface area (Å²) < 4.78 is 0.237. The second-order valence-electron chi connectivity index (χ2n) is 2.90. The first kappa shape index (κ1) is 6.29. The van der Waals surface area contributed by atoms with E-state index in [1.165, 1.54) is 18.4 Å². The summed E-state index contributed by atoms with van der Waals surface area (Å²) >= 11 is 4.56. The van der Waals surface area contributed by atoms with E-state index in [-0.39, 0.29) is 4.75 Å². The molecule has 0 heterocycles. The van der Waals surface area contributed by atoms with Crippen LogP contribution < -0.4 is 0 Å². The van der Waals surface area contributed by atoms with Crippen LogP contribution in [-0.2, 0) is 4.75 Å². The topological polar surface area (TPSA) is 0 Å². The summed E-state index contributed by atoms with van der Waals surface area (Å²) in [5.74, 6) is 0. The number of hydrogen-bond donors (Lipinski definition) is 1. The fourth-order valence-corrected chi connectivity index (χ4v) is 1.42. The van der Waals surface area contributed by atoms with Crippen molar-refractivity contribution in [1.82, 2.24) is 0 Å². The molecule has 1 aromatic carbocycles. The summed E-state index contributed by atoms with van der Waals surface area (Å²) in [5, 5.41) is 0.